The zero-order valence-electron chi connectivity index (χ0n) is 30.4. The highest BCUT2D eigenvalue weighted by Crippen LogP contribution is 2.45. The van der Waals surface area contributed by atoms with Gasteiger partial charge in [0.25, 0.3) is 0 Å². The van der Waals surface area contributed by atoms with Gasteiger partial charge in [-0.3, -0.25) is 0 Å². The molecule has 0 saturated carbocycles. The molecule has 0 bridgehead atoms. The molecule has 6 heteroatoms. The Morgan fingerprint density at radius 2 is 1.05 bits per heavy atom. The summed E-state index contributed by atoms with van der Waals surface area (Å²) >= 11 is 1.82. The number of para-hydroxylation sites is 4. The van der Waals surface area contributed by atoms with Crippen LogP contribution in [0.1, 0.15) is 0 Å². The van der Waals surface area contributed by atoms with Crippen molar-refractivity contribution in [3.63, 3.8) is 0 Å². The smallest absolute Gasteiger partial charge is 0.167 e. The van der Waals surface area contributed by atoms with Crippen molar-refractivity contribution in [2.45, 2.75) is 0 Å². The van der Waals surface area contributed by atoms with E-state index < -0.39 is 0 Å². The Hall–Kier alpha value is -7.41. The first-order valence-corrected chi connectivity index (χ1v) is 19.8. The molecule has 266 valence electrons. The van der Waals surface area contributed by atoms with Crippen LogP contribution in [-0.2, 0) is 0 Å². The van der Waals surface area contributed by atoms with E-state index in [1.807, 2.05) is 65.9 Å². The van der Waals surface area contributed by atoms with Crippen molar-refractivity contribution in [2.75, 3.05) is 0 Å². The molecule has 57 heavy (non-hydrogen) atoms. The molecule has 0 aliphatic heterocycles. The van der Waals surface area contributed by atoms with E-state index in [0.717, 1.165) is 49.7 Å². The van der Waals surface area contributed by atoms with Crippen LogP contribution >= 0.6 is 11.3 Å². The van der Waals surface area contributed by atoms with E-state index in [1.165, 1.54) is 47.7 Å². The monoisotopic (exact) mass is 746 g/mol. The third kappa shape index (κ3) is 4.98. The Morgan fingerprint density at radius 3 is 1.91 bits per heavy atom. The second-order valence-electron chi connectivity index (χ2n) is 14.3. The zero-order chi connectivity index (χ0) is 37.5. The number of hydrogen-bond donors (Lipinski definition) is 0. The van der Waals surface area contributed by atoms with Gasteiger partial charge in [0.05, 0.1) is 16.6 Å². The third-order valence-electron chi connectivity index (χ3n) is 11.1. The minimum absolute atomic E-state index is 0.572. The van der Waals surface area contributed by atoms with Crippen molar-refractivity contribution in [2.24, 2.45) is 0 Å². The van der Waals surface area contributed by atoms with E-state index >= 15 is 0 Å². The summed E-state index contributed by atoms with van der Waals surface area (Å²) in [4.78, 5) is 15.5. The van der Waals surface area contributed by atoms with Crippen molar-refractivity contribution in [1.29, 1.82) is 0 Å². The SMILES string of the molecule is c1ccc(-c2nc(-c3cccc4c3oc3ccccc34)nc(-c3cccc4sc5c(-c6ccc7c8ccccc8n(-c8ccccc8)c7c6)cccc5c34)n2)cc1. The maximum atomic E-state index is 6.48. The van der Waals surface area contributed by atoms with E-state index in [1.54, 1.807) is 0 Å². The maximum absolute atomic E-state index is 6.48. The number of benzene rings is 8. The highest BCUT2D eigenvalue weighted by atomic mass is 32.1. The zero-order valence-corrected chi connectivity index (χ0v) is 31.2. The fourth-order valence-corrected chi connectivity index (χ4v) is 9.78. The molecule has 0 N–H and O–H groups in total. The van der Waals surface area contributed by atoms with Gasteiger partial charge in [0.2, 0.25) is 0 Å². The van der Waals surface area contributed by atoms with Gasteiger partial charge in [-0.1, -0.05) is 140 Å². The molecule has 0 fully saturated rings. The number of fused-ring (bicyclic) bond motifs is 9. The quantitative estimate of drug-likeness (QED) is 0.176. The van der Waals surface area contributed by atoms with Crippen molar-refractivity contribution in [3.05, 3.63) is 182 Å². The first-order chi connectivity index (χ1) is 28.3. The van der Waals surface area contributed by atoms with E-state index in [-0.39, 0.29) is 0 Å². The predicted molar refractivity (Wildman–Crippen MR) is 236 cm³/mol. The molecule has 0 amide bonds. The molecular weight excluding hydrogens is 717 g/mol. The molecule has 0 aliphatic carbocycles. The predicted octanol–water partition coefficient (Wildman–Crippen LogP) is 13.9. The van der Waals surface area contributed by atoms with Crippen molar-refractivity contribution >= 4 is 75.3 Å². The van der Waals surface area contributed by atoms with Gasteiger partial charge in [0, 0.05) is 58.5 Å². The van der Waals surface area contributed by atoms with Gasteiger partial charge < -0.3 is 8.98 Å². The van der Waals surface area contributed by atoms with Gasteiger partial charge in [0.15, 0.2) is 17.5 Å². The normalized spacial score (nSPS) is 11.9. The number of furan rings is 1. The fourth-order valence-electron chi connectivity index (χ4n) is 8.51. The number of nitrogens with zero attached hydrogens (tertiary/aromatic N) is 4. The highest BCUT2D eigenvalue weighted by Gasteiger charge is 2.21. The molecule has 12 aromatic rings. The Balaban J connectivity index is 1.07. The molecule has 0 atom stereocenters. The summed E-state index contributed by atoms with van der Waals surface area (Å²) in [5.41, 5.74) is 10.2. The lowest BCUT2D eigenvalue weighted by molar-refractivity contribution is 0.669. The second kappa shape index (κ2) is 12.6. The Labute approximate surface area is 330 Å². The lowest BCUT2D eigenvalue weighted by Crippen LogP contribution is -2.00. The number of rotatable bonds is 5. The second-order valence-corrected chi connectivity index (χ2v) is 15.4. The van der Waals surface area contributed by atoms with Gasteiger partial charge in [-0.25, -0.2) is 15.0 Å². The number of aromatic nitrogens is 4. The fraction of sp³-hybridized carbons (Fsp3) is 0. The van der Waals surface area contributed by atoms with Gasteiger partial charge in [-0.2, -0.15) is 0 Å². The van der Waals surface area contributed by atoms with E-state index in [4.69, 9.17) is 19.4 Å². The molecule has 0 unspecified atom stereocenters. The highest BCUT2D eigenvalue weighted by molar-refractivity contribution is 7.26. The Kier molecular flexibility index (Phi) is 7.03. The summed E-state index contributed by atoms with van der Waals surface area (Å²) in [5, 5.41) is 6.90. The van der Waals surface area contributed by atoms with Crippen LogP contribution in [0.3, 0.4) is 0 Å². The molecule has 0 saturated heterocycles. The standard InChI is InChI=1S/C51H30N4OS/c1-3-14-31(15-4-1)49-52-50(54-51(53-49)41-24-12-21-38-37-19-8-10-26-44(37)56-47(38)41)40-23-13-27-45-46(40)39-22-11-20-34(48(39)57-45)32-28-29-36-35-18-7-9-25-42(35)55(43(36)30-32)33-16-5-2-6-17-33/h1-30H. The van der Waals surface area contributed by atoms with Crippen LogP contribution in [-0.4, -0.2) is 19.5 Å². The Morgan fingerprint density at radius 1 is 0.421 bits per heavy atom. The van der Waals surface area contributed by atoms with Crippen LogP contribution in [0, 0.1) is 0 Å². The summed E-state index contributed by atoms with van der Waals surface area (Å²) in [6.07, 6.45) is 0. The molecule has 4 heterocycles. The number of thiophene rings is 1. The van der Waals surface area contributed by atoms with Crippen LogP contribution in [0.15, 0.2) is 186 Å². The van der Waals surface area contributed by atoms with Crippen LogP contribution in [0.2, 0.25) is 0 Å². The van der Waals surface area contributed by atoms with E-state index in [9.17, 15) is 0 Å². The minimum Gasteiger partial charge on any atom is -0.455 e. The molecule has 0 spiro atoms. The van der Waals surface area contributed by atoms with E-state index in [2.05, 4.69) is 132 Å². The van der Waals surface area contributed by atoms with Crippen molar-refractivity contribution in [1.82, 2.24) is 19.5 Å². The summed E-state index contributed by atoms with van der Waals surface area (Å²) in [5.74, 6) is 1.81. The molecule has 0 radical (unpaired) electrons. The molecule has 4 aromatic heterocycles. The van der Waals surface area contributed by atoms with Crippen molar-refractivity contribution < 1.29 is 4.42 Å². The van der Waals surface area contributed by atoms with Crippen LogP contribution in [0.5, 0.6) is 0 Å². The molecule has 5 nitrogen and oxygen atoms in total. The summed E-state index contributed by atoms with van der Waals surface area (Å²) in [6, 6.07) is 63.8. The average Bonchev–Trinajstić information content (AvgIpc) is 3.96. The minimum atomic E-state index is 0.572. The van der Waals surface area contributed by atoms with Crippen LogP contribution < -0.4 is 0 Å². The van der Waals surface area contributed by atoms with Crippen LogP contribution in [0.25, 0.3) is 115 Å². The lowest BCUT2D eigenvalue weighted by atomic mass is 9.99. The van der Waals surface area contributed by atoms with Gasteiger partial charge >= 0.3 is 0 Å². The first kappa shape index (κ1) is 31.9. The maximum Gasteiger partial charge on any atom is 0.167 e. The van der Waals surface area contributed by atoms with Crippen molar-refractivity contribution in [3.8, 4) is 51.0 Å². The Bertz CT molecular complexity index is 3530. The average molecular weight is 747 g/mol. The third-order valence-corrected chi connectivity index (χ3v) is 12.3. The van der Waals surface area contributed by atoms with E-state index in [0.29, 0.717) is 17.5 Å². The first-order valence-electron chi connectivity index (χ1n) is 19.0. The summed E-state index contributed by atoms with van der Waals surface area (Å²) in [7, 11) is 0. The van der Waals surface area contributed by atoms with Gasteiger partial charge in [-0.05, 0) is 53.6 Å². The number of hydrogen-bond acceptors (Lipinski definition) is 5. The molecule has 0 aliphatic rings. The van der Waals surface area contributed by atoms with Crippen LogP contribution in [0.4, 0.5) is 0 Å². The summed E-state index contributed by atoms with van der Waals surface area (Å²) < 4.78 is 11.3. The lowest BCUT2D eigenvalue weighted by Gasteiger charge is -2.10. The summed E-state index contributed by atoms with van der Waals surface area (Å²) in [6.45, 7) is 0. The topological polar surface area (TPSA) is 56.7 Å². The molecule has 8 aromatic carbocycles. The van der Waals surface area contributed by atoms with Gasteiger partial charge in [-0.15, -0.1) is 11.3 Å². The van der Waals surface area contributed by atoms with Gasteiger partial charge in [0.1, 0.15) is 11.2 Å². The molecular formula is C51H30N4OS. The largest absolute Gasteiger partial charge is 0.455 e. The molecule has 12 rings (SSSR count).